The zero-order valence-electron chi connectivity index (χ0n) is 17.8. The van der Waals surface area contributed by atoms with Gasteiger partial charge in [0.15, 0.2) is 5.82 Å². The van der Waals surface area contributed by atoms with Crippen LogP contribution in [0.1, 0.15) is 24.9 Å². The number of benzene rings is 1. The summed E-state index contributed by atoms with van der Waals surface area (Å²) >= 11 is 0. The highest BCUT2D eigenvalue weighted by atomic mass is 16.5. The Labute approximate surface area is 181 Å². The van der Waals surface area contributed by atoms with Crippen LogP contribution in [0.2, 0.25) is 0 Å². The van der Waals surface area contributed by atoms with E-state index >= 15 is 0 Å². The van der Waals surface area contributed by atoms with Gasteiger partial charge in [-0.15, -0.1) is 0 Å². The van der Waals surface area contributed by atoms with E-state index in [1.54, 1.807) is 19.4 Å². The van der Waals surface area contributed by atoms with Gasteiger partial charge in [0.1, 0.15) is 5.82 Å². The van der Waals surface area contributed by atoms with Gasteiger partial charge in [-0.1, -0.05) is 37.3 Å². The standard InChI is InChI=1S/C22H28N6O3/c1-3-16-13-28(9-10-31-16)21-17-12-23-20(11-18(17)26-27-21)25-22(29)24-19(14-30-2)15-7-5-4-6-8-15/h4-8,11-12,16,19H,3,9-10,13-14H2,1-2H3,(H,26,27)(H2,23,24,25,29). The second-order valence-corrected chi connectivity index (χ2v) is 7.53. The molecule has 2 atom stereocenters. The lowest BCUT2D eigenvalue weighted by molar-refractivity contribution is 0.0382. The molecule has 0 radical (unpaired) electrons. The highest BCUT2D eigenvalue weighted by molar-refractivity contribution is 5.94. The monoisotopic (exact) mass is 424 g/mol. The quantitative estimate of drug-likeness (QED) is 0.538. The van der Waals surface area contributed by atoms with Crippen LogP contribution >= 0.6 is 0 Å². The van der Waals surface area contributed by atoms with Crippen LogP contribution in [0.15, 0.2) is 42.6 Å². The number of hydrogen-bond donors (Lipinski definition) is 3. The van der Waals surface area contributed by atoms with E-state index in [0.29, 0.717) is 19.0 Å². The maximum atomic E-state index is 12.6. The van der Waals surface area contributed by atoms with Gasteiger partial charge in [-0.3, -0.25) is 10.4 Å². The van der Waals surface area contributed by atoms with Crippen molar-refractivity contribution in [3.05, 3.63) is 48.2 Å². The summed E-state index contributed by atoms with van der Waals surface area (Å²) in [4.78, 5) is 19.2. The van der Waals surface area contributed by atoms with Crippen molar-refractivity contribution in [3.63, 3.8) is 0 Å². The van der Waals surface area contributed by atoms with Crippen molar-refractivity contribution in [2.45, 2.75) is 25.5 Å². The molecule has 2 amide bonds. The van der Waals surface area contributed by atoms with E-state index in [0.717, 1.165) is 41.8 Å². The van der Waals surface area contributed by atoms with Crippen LogP contribution in [0, 0.1) is 0 Å². The van der Waals surface area contributed by atoms with Gasteiger partial charge in [0, 0.05) is 32.5 Å². The number of rotatable bonds is 7. The number of amides is 2. The lowest BCUT2D eigenvalue weighted by atomic mass is 10.1. The molecule has 31 heavy (non-hydrogen) atoms. The van der Waals surface area contributed by atoms with Crippen LogP contribution in [0.3, 0.4) is 0 Å². The number of urea groups is 1. The summed E-state index contributed by atoms with van der Waals surface area (Å²) in [6, 6.07) is 10.9. The van der Waals surface area contributed by atoms with Crippen LogP contribution in [-0.2, 0) is 9.47 Å². The van der Waals surface area contributed by atoms with Crippen LogP contribution in [-0.4, -0.2) is 60.7 Å². The minimum absolute atomic E-state index is 0.211. The van der Waals surface area contributed by atoms with Gasteiger partial charge in [0.25, 0.3) is 0 Å². The second kappa shape index (κ2) is 9.76. The Morgan fingerprint density at radius 3 is 3.00 bits per heavy atom. The molecule has 9 nitrogen and oxygen atoms in total. The van der Waals surface area contributed by atoms with Gasteiger partial charge in [-0.25, -0.2) is 9.78 Å². The molecule has 1 aliphatic rings. The minimum Gasteiger partial charge on any atom is -0.382 e. The van der Waals surface area contributed by atoms with Gasteiger partial charge in [0.05, 0.1) is 36.3 Å². The molecule has 3 aromatic rings. The number of carbonyl (C=O) groups is 1. The SMILES string of the molecule is CCC1CN(c2n[nH]c3cc(NC(=O)NC(COC)c4ccccc4)ncc23)CCO1. The summed E-state index contributed by atoms with van der Waals surface area (Å²) in [5.74, 6) is 1.31. The van der Waals surface area contributed by atoms with Crippen LogP contribution < -0.4 is 15.5 Å². The molecular formula is C22H28N6O3. The average Bonchev–Trinajstić information content (AvgIpc) is 3.22. The van der Waals surface area contributed by atoms with Crippen molar-refractivity contribution in [2.24, 2.45) is 0 Å². The first-order valence-corrected chi connectivity index (χ1v) is 10.5. The Morgan fingerprint density at radius 2 is 2.23 bits per heavy atom. The topological polar surface area (TPSA) is 104 Å². The van der Waals surface area contributed by atoms with E-state index in [-0.39, 0.29) is 18.2 Å². The average molecular weight is 425 g/mol. The molecule has 3 N–H and O–H groups in total. The van der Waals surface area contributed by atoms with Crippen molar-refractivity contribution >= 4 is 28.6 Å². The normalized spacial score (nSPS) is 17.5. The largest absolute Gasteiger partial charge is 0.382 e. The molecule has 2 unspecified atom stereocenters. The zero-order valence-corrected chi connectivity index (χ0v) is 17.8. The number of pyridine rings is 1. The van der Waals surface area contributed by atoms with E-state index in [9.17, 15) is 4.79 Å². The number of morpholine rings is 1. The van der Waals surface area contributed by atoms with Gasteiger partial charge in [-0.2, -0.15) is 5.10 Å². The third-order valence-corrected chi connectivity index (χ3v) is 5.40. The number of anilines is 2. The Balaban J connectivity index is 1.44. The number of ether oxygens (including phenoxy) is 2. The molecule has 0 aliphatic carbocycles. The van der Waals surface area contributed by atoms with Crippen molar-refractivity contribution in [3.8, 4) is 0 Å². The number of aromatic amines is 1. The first-order chi connectivity index (χ1) is 15.2. The zero-order chi connectivity index (χ0) is 21.6. The number of nitrogens with one attached hydrogen (secondary N) is 3. The van der Waals surface area contributed by atoms with Gasteiger partial charge < -0.3 is 19.7 Å². The second-order valence-electron chi connectivity index (χ2n) is 7.53. The van der Waals surface area contributed by atoms with Crippen molar-refractivity contribution in [1.82, 2.24) is 20.5 Å². The lowest BCUT2D eigenvalue weighted by Crippen LogP contribution is -2.42. The maximum absolute atomic E-state index is 12.6. The molecule has 3 heterocycles. The van der Waals surface area contributed by atoms with E-state index in [2.05, 4.69) is 37.6 Å². The molecule has 1 saturated heterocycles. The Morgan fingerprint density at radius 1 is 1.39 bits per heavy atom. The molecule has 2 aromatic heterocycles. The first-order valence-electron chi connectivity index (χ1n) is 10.5. The molecule has 0 saturated carbocycles. The fraction of sp³-hybridized carbons (Fsp3) is 0.409. The molecule has 1 aromatic carbocycles. The maximum Gasteiger partial charge on any atom is 0.320 e. The first kappa shape index (κ1) is 21.1. The lowest BCUT2D eigenvalue weighted by Gasteiger charge is -2.32. The molecule has 1 fully saturated rings. The smallest absolute Gasteiger partial charge is 0.320 e. The van der Waals surface area contributed by atoms with Gasteiger partial charge in [0.2, 0.25) is 0 Å². The molecule has 1 aliphatic heterocycles. The molecule has 164 valence electrons. The number of methoxy groups -OCH3 is 1. The Hall–Kier alpha value is -3.17. The molecule has 0 bridgehead atoms. The fourth-order valence-corrected chi connectivity index (χ4v) is 3.75. The van der Waals surface area contributed by atoms with Crippen molar-refractivity contribution < 1.29 is 14.3 Å². The van der Waals surface area contributed by atoms with Crippen LogP contribution in [0.4, 0.5) is 16.4 Å². The van der Waals surface area contributed by atoms with E-state index in [1.165, 1.54) is 0 Å². The summed E-state index contributed by atoms with van der Waals surface area (Å²) < 4.78 is 11.0. The molecule has 9 heteroatoms. The van der Waals surface area contributed by atoms with E-state index < -0.39 is 0 Å². The number of carbonyl (C=O) groups excluding carboxylic acids is 1. The number of aromatic nitrogens is 3. The highest BCUT2D eigenvalue weighted by Gasteiger charge is 2.23. The fourth-order valence-electron chi connectivity index (χ4n) is 3.75. The predicted octanol–water partition coefficient (Wildman–Crippen LogP) is 3.08. The summed E-state index contributed by atoms with van der Waals surface area (Å²) in [6.07, 6.45) is 2.92. The third kappa shape index (κ3) is 4.95. The Bertz CT molecular complexity index is 1010. The number of nitrogens with zero attached hydrogens (tertiary/aromatic N) is 3. The van der Waals surface area contributed by atoms with Crippen molar-refractivity contribution in [1.29, 1.82) is 0 Å². The number of hydrogen-bond acceptors (Lipinski definition) is 6. The summed E-state index contributed by atoms with van der Waals surface area (Å²) in [5, 5.41) is 14.2. The molecule has 0 spiro atoms. The van der Waals surface area contributed by atoms with Crippen molar-refractivity contribution in [2.75, 3.05) is 43.6 Å². The Kier molecular flexibility index (Phi) is 6.63. The number of H-pyrrole nitrogens is 1. The van der Waals surface area contributed by atoms with Crippen LogP contribution in [0.5, 0.6) is 0 Å². The van der Waals surface area contributed by atoms with E-state index in [1.807, 2.05) is 30.3 Å². The third-order valence-electron chi connectivity index (χ3n) is 5.40. The minimum atomic E-state index is -0.351. The van der Waals surface area contributed by atoms with Gasteiger partial charge >= 0.3 is 6.03 Å². The summed E-state index contributed by atoms with van der Waals surface area (Å²) in [6.45, 7) is 4.77. The highest BCUT2D eigenvalue weighted by Crippen LogP contribution is 2.27. The van der Waals surface area contributed by atoms with Gasteiger partial charge in [-0.05, 0) is 12.0 Å². The predicted molar refractivity (Wildman–Crippen MR) is 119 cm³/mol. The van der Waals surface area contributed by atoms with E-state index in [4.69, 9.17) is 9.47 Å². The van der Waals surface area contributed by atoms with Crippen LogP contribution in [0.25, 0.3) is 10.9 Å². The summed E-state index contributed by atoms with van der Waals surface area (Å²) in [5.41, 5.74) is 1.79. The number of fused-ring (bicyclic) bond motifs is 1. The summed E-state index contributed by atoms with van der Waals surface area (Å²) in [7, 11) is 1.61. The molecule has 4 rings (SSSR count). The molecular weight excluding hydrogens is 396 g/mol.